The molecule has 2 aromatic carbocycles. The Labute approximate surface area is 186 Å². The van der Waals surface area contributed by atoms with Gasteiger partial charge in [-0.15, -0.1) is 0 Å². The Morgan fingerprint density at radius 3 is 2.43 bits per heavy atom. The van der Waals surface area contributed by atoms with Gasteiger partial charge in [0.25, 0.3) is 0 Å². The van der Waals surface area contributed by atoms with Crippen LogP contribution in [0.1, 0.15) is 31.9 Å². The summed E-state index contributed by atoms with van der Waals surface area (Å²) in [4.78, 5) is 16.7. The summed E-state index contributed by atoms with van der Waals surface area (Å²) in [5, 5.41) is 6.59. The maximum atomic E-state index is 12.4. The van der Waals surface area contributed by atoms with E-state index in [2.05, 4.69) is 36.4 Å². The monoisotopic (exact) mass is 443 g/mol. The SMILES string of the molecule is CC(C)(C)c1ccccc1Oc1ncccc1NC(=O)NCc1cc(Cl)cc(Cl)c1. The second-order valence-electron chi connectivity index (χ2n) is 7.79. The number of carbonyl (C=O) groups is 1. The summed E-state index contributed by atoms with van der Waals surface area (Å²) in [6, 6.07) is 16.0. The van der Waals surface area contributed by atoms with Crippen molar-refractivity contribution >= 4 is 34.9 Å². The lowest BCUT2D eigenvalue weighted by Crippen LogP contribution is -2.28. The Hall–Kier alpha value is -2.76. The zero-order chi connectivity index (χ0) is 21.7. The molecule has 3 rings (SSSR count). The Morgan fingerprint density at radius 1 is 1.03 bits per heavy atom. The summed E-state index contributed by atoms with van der Waals surface area (Å²) in [6.45, 7) is 6.61. The molecule has 2 amide bonds. The van der Waals surface area contributed by atoms with E-state index in [1.165, 1.54) is 0 Å². The fourth-order valence-corrected chi connectivity index (χ4v) is 3.48. The predicted octanol–water partition coefficient (Wildman–Crippen LogP) is 6.80. The van der Waals surface area contributed by atoms with E-state index in [4.69, 9.17) is 27.9 Å². The van der Waals surface area contributed by atoms with E-state index in [0.717, 1.165) is 11.1 Å². The standard InChI is InChI=1S/C23H23Cl2N3O2/c1-23(2,3)18-7-4-5-9-20(18)30-21-19(8-6-10-26-21)28-22(29)27-14-15-11-16(24)13-17(25)12-15/h4-13H,14H2,1-3H3,(H2,27,28,29). The van der Waals surface area contributed by atoms with Crippen molar-refractivity contribution in [2.75, 3.05) is 5.32 Å². The average Bonchev–Trinajstić information content (AvgIpc) is 2.67. The predicted molar refractivity (Wildman–Crippen MR) is 122 cm³/mol. The second-order valence-corrected chi connectivity index (χ2v) is 8.66. The van der Waals surface area contributed by atoms with Crippen molar-refractivity contribution in [2.24, 2.45) is 0 Å². The number of ether oxygens (including phenoxy) is 1. The third kappa shape index (κ3) is 5.88. The van der Waals surface area contributed by atoms with Gasteiger partial charge in [0, 0.05) is 28.4 Å². The van der Waals surface area contributed by atoms with Crippen LogP contribution in [0.4, 0.5) is 10.5 Å². The smallest absolute Gasteiger partial charge is 0.319 e. The Kier molecular flexibility index (Phi) is 6.85. The number of para-hydroxylation sites is 1. The molecule has 2 N–H and O–H groups in total. The van der Waals surface area contributed by atoms with Crippen LogP contribution in [0.15, 0.2) is 60.8 Å². The molecule has 5 nitrogen and oxygen atoms in total. The maximum Gasteiger partial charge on any atom is 0.319 e. The highest BCUT2D eigenvalue weighted by Crippen LogP contribution is 2.35. The van der Waals surface area contributed by atoms with Gasteiger partial charge >= 0.3 is 6.03 Å². The summed E-state index contributed by atoms with van der Waals surface area (Å²) in [6.07, 6.45) is 1.62. The number of benzene rings is 2. The first kappa shape index (κ1) is 21.9. The van der Waals surface area contributed by atoms with Gasteiger partial charge in [-0.05, 0) is 47.4 Å². The van der Waals surface area contributed by atoms with Crippen molar-refractivity contribution in [1.82, 2.24) is 10.3 Å². The van der Waals surface area contributed by atoms with Crippen LogP contribution in [0.2, 0.25) is 10.0 Å². The van der Waals surface area contributed by atoms with Crippen molar-refractivity contribution in [2.45, 2.75) is 32.7 Å². The van der Waals surface area contributed by atoms with Gasteiger partial charge in [0.15, 0.2) is 0 Å². The van der Waals surface area contributed by atoms with Gasteiger partial charge < -0.3 is 15.4 Å². The lowest BCUT2D eigenvalue weighted by atomic mass is 9.86. The molecule has 0 unspecified atom stereocenters. The minimum Gasteiger partial charge on any atom is -0.437 e. The van der Waals surface area contributed by atoms with Crippen LogP contribution in [0.5, 0.6) is 11.6 Å². The number of nitrogens with zero attached hydrogens (tertiary/aromatic N) is 1. The van der Waals surface area contributed by atoms with E-state index < -0.39 is 6.03 Å². The van der Waals surface area contributed by atoms with Gasteiger partial charge in [-0.1, -0.05) is 62.2 Å². The number of nitrogens with one attached hydrogen (secondary N) is 2. The Bertz CT molecular complexity index is 1030. The van der Waals surface area contributed by atoms with Crippen molar-refractivity contribution in [1.29, 1.82) is 0 Å². The fraction of sp³-hybridized carbons (Fsp3) is 0.217. The molecule has 0 radical (unpaired) electrons. The van der Waals surface area contributed by atoms with Crippen LogP contribution in [-0.4, -0.2) is 11.0 Å². The van der Waals surface area contributed by atoms with E-state index in [1.807, 2.05) is 24.3 Å². The second kappa shape index (κ2) is 9.37. The molecule has 7 heteroatoms. The zero-order valence-corrected chi connectivity index (χ0v) is 18.5. The molecular weight excluding hydrogens is 421 g/mol. The Morgan fingerprint density at radius 2 is 1.73 bits per heavy atom. The zero-order valence-electron chi connectivity index (χ0n) is 17.0. The highest BCUT2D eigenvalue weighted by atomic mass is 35.5. The molecule has 156 valence electrons. The Balaban J connectivity index is 1.72. The van der Waals surface area contributed by atoms with Gasteiger partial charge in [0.1, 0.15) is 11.4 Å². The number of aromatic nitrogens is 1. The van der Waals surface area contributed by atoms with E-state index in [1.54, 1.807) is 36.5 Å². The van der Waals surface area contributed by atoms with Crippen molar-refractivity contribution in [3.05, 3.63) is 82.0 Å². The molecular formula is C23H23Cl2N3O2. The third-order valence-electron chi connectivity index (χ3n) is 4.30. The third-order valence-corrected chi connectivity index (χ3v) is 4.73. The number of urea groups is 1. The van der Waals surface area contributed by atoms with Gasteiger partial charge in [0.05, 0.1) is 0 Å². The molecule has 30 heavy (non-hydrogen) atoms. The average molecular weight is 444 g/mol. The molecule has 0 aliphatic rings. The maximum absolute atomic E-state index is 12.4. The summed E-state index contributed by atoms with van der Waals surface area (Å²) < 4.78 is 6.07. The summed E-state index contributed by atoms with van der Waals surface area (Å²) >= 11 is 12.0. The van der Waals surface area contributed by atoms with Crippen LogP contribution in [-0.2, 0) is 12.0 Å². The minimum absolute atomic E-state index is 0.103. The van der Waals surface area contributed by atoms with E-state index >= 15 is 0 Å². The van der Waals surface area contributed by atoms with E-state index in [9.17, 15) is 4.79 Å². The van der Waals surface area contributed by atoms with Crippen molar-refractivity contribution in [3.8, 4) is 11.6 Å². The number of rotatable bonds is 5. The van der Waals surface area contributed by atoms with Crippen LogP contribution in [0.3, 0.4) is 0 Å². The summed E-state index contributed by atoms with van der Waals surface area (Å²) in [7, 11) is 0. The number of hydrogen-bond acceptors (Lipinski definition) is 3. The fourth-order valence-electron chi connectivity index (χ4n) is 2.91. The minimum atomic E-state index is -0.395. The molecule has 0 aliphatic carbocycles. The first-order valence-corrected chi connectivity index (χ1v) is 10.2. The molecule has 0 atom stereocenters. The summed E-state index contributed by atoms with van der Waals surface area (Å²) in [5.74, 6) is 1.01. The molecule has 1 heterocycles. The van der Waals surface area contributed by atoms with Crippen LogP contribution < -0.4 is 15.4 Å². The quantitative estimate of drug-likeness (QED) is 0.455. The number of hydrogen-bond donors (Lipinski definition) is 2. The lowest BCUT2D eigenvalue weighted by Gasteiger charge is -2.22. The summed E-state index contributed by atoms with van der Waals surface area (Å²) in [5.41, 5.74) is 2.20. The van der Waals surface area contributed by atoms with Crippen molar-refractivity contribution in [3.63, 3.8) is 0 Å². The van der Waals surface area contributed by atoms with Gasteiger partial charge in [-0.3, -0.25) is 0 Å². The molecule has 0 aliphatic heterocycles. The number of amides is 2. The van der Waals surface area contributed by atoms with Crippen molar-refractivity contribution < 1.29 is 9.53 Å². The number of carbonyl (C=O) groups excluding carboxylic acids is 1. The highest BCUT2D eigenvalue weighted by molar-refractivity contribution is 6.34. The number of anilines is 1. The normalized spacial score (nSPS) is 11.1. The topological polar surface area (TPSA) is 63.2 Å². The van der Waals surface area contributed by atoms with E-state index in [-0.39, 0.29) is 12.0 Å². The number of pyridine rings is 1. The van der Waals surface area contributed by atoms with Crippen LogP contribution in [0, 0.1) is 0 Å². The number of halogens is 2. The van der Waals surface area contributed by atoms with Gasteiger partial charge in [-0.25, -0.2) is 9.78 Å². The van der Waals surface area contributed by atoms with Gasteiger partial charge in [0.2, 0.25) is 5.88 Å². The first-order valence-electron chi connectivity index (χ1n) is 9.44. The molecule has 0 spiro atoms. The molecule has 0 fully saturated rings. The molecule has 3 aromatic rings. The lowest BCUT2D eigenvalue weighted by molar-refractivity contribution is 0.251. The largest absolute Gasteiger partial charge is 0.437 e. The molecule has 1 aromatic heterocycles. The highest BCUT2D eigenvalue weighted by Gasteiger charge is 2.20. The molecule has 0 saturated heterocycles. The van der Waals surface area contributed by atoms with Crippen LogP contribution >= 0.6 is 23.2 Å². The van der Waals surface area contributed by atoms with Crippen LogP contribution in [0.25, 0.3) is 0 Å². The molecule has 0 saturated carbocycles. The van der Waals surface area contributed by atoms with Gasteiger partial charge in [-0.2, -0.15) is 0 Å². The van der Waals surface area contributed by atoms with E-state index in [0.29, 0.717) is 27.4 Å². The first-order chi connectivity index (χ1) is 14.2. The molecule has 0 bridgehead atoms.